The summed E-state index contributed by atoms with van der Waals surface area (Å²) in [6.45, 7) is 0. The van der Waals surface area contributed by atoms with Gasteiger partial charge in [0.15, 0.2) is 0 Å². The standard InChI is InChI=1S/C7H6Cl2N2O2.C7H8N2O4.2CH4/c1-13-7(12)5-3(8)2-4(9)11-6(5)10;1-13-7(12)5-3(10)2-4(11)9-6(5)8;;/h2H,1H3,(H2,10,11);2H,1H3,(H4,8,9,10,11);2*1H4. The fourth-order valence-electron chi connectivity index (χ4n) is 1.69. The first-order valence-electron chi connectivity index (χ1n) is 6.62. The molecule has 0 saturated carbocycles. The Hall–Kier alpha value is -2.98. The number of H-pyrrole nitrogens is 1. The fraction of sp³-hybridized carbons (Fsp3) is 0.250. The second kappa shape index (κ2) is 11.7. The molecular weight excluding hydrogens is 415 g/mol. The molecule has 0 aromatic carbocycles. The summed E-state index contributed by atoms with van der Waals surface area (Å²) in [6.07, 6.45) is 0. The molecule has 0 amide bonds. The second-order valence-corrected chi connectivity index (χ2v) is 5.27. The van der Waals surface area contributed by atoms with Crippen molar-refractivity contribution >= 4 is 46.8 Å². The van der Waals surface area contributed by atoms with Crippen molar-refractivity contribution in [2.24, 2.45) is 0 Å². The van der Waals surface area contributed by atoms with Crippen molar-refractivity contribution in [2.45, 2.75) is 14.9 Å². The lowest BCUT2D eigenvalue weighted by Crippen LogP contribution is -2.14. The molecule has 0 fully saturated rings. The molecule has 0 radical (unpaired) electrons. The number of anilines is 2. The molecule has 156 valence electrons. The fourth-order valence-corrected chi connectivity index (χ4v) is 2.22. The summed E-state index contributed by atoms with van der Waals surface area (Å²) < 4.78 is 8.79. The second-order valence-electron chi connectivity index (χ2n) is 4.48. The van der Waals surface area contributed by atoms with E-state index in [0.29, 0.717) is 0 Å². The maximum Gasteiger partial charge on any atom is 0.345 e. The van der Waals surface area contributed by atoms with Gasteiger partial charge in [-0.15, -0.1) is 0 Å². The molecule has 0 aliphatic heterocycles. The van der Waals surface area contributed by atoms with Crippen molar-refractivity contribution < 1.29 is 24.2 Å². The van der Waals surface area contributed by atoms with Crippen LogP contribution in [0.2, 0.25) is 10.2 Å². The highest BCUT2D eigenvalue weighted by Crippen LogP contribution is 2.24. The van der Waals surface area contributed by atoms with E-state index in [-0.39, 0.29) is 47.8 Å². The molecular formula is C16H22Cl2N4O6. The van der Waals surface area contributed by atoms with Crippen molar-refractivity contribution in [3.05, 3.63) is 43.8 Å². The first-order valence-corrected chi connectivity index (χ1v) is 7.37. The van der Waals surface area contributed by atoms with Gasteiger partial charge in [0.05, 0.1) is 19.2 Å². The van der Waals surface area contributed by atoms with Crippen LogP contribution in [0, 0.1) is 0 Å². The number of methoxy groups -OCH3 is 2. The number of nitrogens with one attached hydrogen (secondary N) is 1. The lowest BCUT2D eigenvalue weighted by molar-refractivity contribution is 0.0590. The predicted octanol–water partition coefficient (Wildman–Crippen LogP) is 2.48. The SMILES string of the molecule is C.C.COC(=O)c1c(Cl)cc(Cl)nc1N.COC(=O)c1c(O)cc(=O)[nH]c1N. The van der Waals surface area contributed by atoms with Crippen molar-refractivity contribution in [3.63, 3.8) is 0 Å². The summed E-state index contributed by atoms with van der Waals surface area (Å²) in [5.41, 5.74) is 9.92. The number of aromatic hydroxyl groups is 1. The number of pyridine rings is 2. The number of rotatable bonds is 2. The molecule has 2 heterocycles. The number of esters is 2. The molecule has 10 nitrogen and oxygen atoms in total. The molecule has 0 aliphatic carbocycles. The minimum absolute atomic E-state index is 0. The van der Waals surface area contributed by atoms with E-state index in [1.807, 2.05) is 0 Å². The average molecular weight is 437 g/mol. The Labute approximate surface area is 171 Å². The van der Waals surface area contributed by atoms with Crippen LogP contribution in [0.15, 0.2) is 16.9 Å². The number of halogens is 2. The largest absolute Gasteiger partial charge is 0.507 e. The zero-order valence-corrected chi connectivity index (χ0v) is 15.0. The number of carbonyl (C=O) groups excluding carboxylic acids is 2. The molecule has 0 aliphatic rings. The smallest absolute Gasteiger partial charge is 0.345 e. The van der Waals surface area contributed by atoms with Gasteiger partial charge in [-0.1, -0.05) is 38.1 Å². The summed E-state index contributed by atoms with van der Waals surface area (Å²) >= 11 is 11.2. The van der Waals surface area contributed by atoms with Gasteiger partial charge in [-0.05, 0) is 6.07 Å². The Kier molecular flexibility index (Phi) is 11.4. The molecule has 0 atom stereocenters. The van der Waals surface area contributed by atoms with Crippen molar-refractivity contribution in [2.75, 3.05) is 25.7 Å². The lowest BCUT2D eigenvalue weighted by atomic mass is 10.2. The quantitative estimate of drug-likeness (QED) is 0.407. The van der Waals surface area contributed by atoms with Crippen LogP contribution < -0.4 is 17.0 Å². The third-order valence-corrected chi connectivity index (χ3v) is 3.29. The molecule has 28 heavy (non-hydrogen) atoms. The number of ether oxygens (including phenoxy) is 2. The number of nitrogen functional groups attached to an aromatic ring is 2. The van der Waals surface area contributed by atoms with Gasteiger partial charge in [-0.3, -0.25) is 4.79 Å². The minimum atomic E-state index is -0.800. The first kappa shape index (κ1) is 27.2. The molecule has 0 spiro atoms. The average Bonchev–Trinajstić information content (AvgIpc) is 2.53. The van der Waals surface area contributed by atoms with E-state index >= 15 is 0 Å². The molecule has 2 rings (SSSR count). The van der Waals surface area contributed by atoms with Crippen LogP contribution in [0.3, 0.4) is 0 Å². The molecule has 12 heteroatoms. The van der Waals surface area contributed by atoms with Crippen molar-refractivity contribution in [1.29, 1.82) is 0 Å². The number of carbonyl (C=O) groups is 2. The lowest BCUT2D eigenvalue weighted by Gasteiger charge is -2.04. The summed E-state index contributed by atoms with van der Waals surface area (Å²) in [7, 11) is 2.37. The molecule has 0 saturated heterocycles. The third-order valence-electron chi connectivity index (χ3n) is 2.80. The molecule has 2 aromatic heterocycles. The minimum Gasteiger partial charge on any atom is -0.507 e. The van der Waals surface area contributed by atoms with Crippen LogP contribution >= 0.6 is 23.2 Å². The summed E-state index contributed by atoms with van der Waals surface area (Å²) in [5.74, 6) is -2.17. The zero-order valence-electron chi connectivity index (χ0n) is 13.5. The van der Waals surface area contributed by atoms with E-state index in [1.54, 1.807) is 0 Å². The van der Waals surface area contributed by atoms with Gasteiger partial charge in [0.2, 0.25) is 0 Å². The Morgan fingerprint density at radius 1 is 1.07 bits per heavy atom. The van der Waals surface area contributed by atoms with Crippen LogP contribution in [0.4, 0.5) is 11.6 Å². The summed E-state index contributed by atoms with van der Waals surface area (Å²) in [4.78, 5) is 38.6. The molecule has 0 bridgehead atoms. The van der Waals surface area contributed by atoms with Gasteiger partial charge in [-0.25, -0.2) is 14.6 Å². The van der Waals surface area contributed by atoms with E-state index in [2.05, 4.69) is 19.4 Å². The normalized spacial score (nSPS) is 9.00. The van der Waals surface area contributed by atoms with Crippen LogP contribution in [0.25, 0.3) is 0 Å². The number of hydrogen-bond acceptors (Lipinski definition) is 9. The summed E-state index contributed by atoms with van der Waals surface area (Å²) in [5, 5.41) is 9.44. The number of aromatic amines is 1. The van der Waals surface area contributed by atoms with E-state index < -0.39 is 23.2 Å². The Balaban J connectivity index is 0. The highest BCUT2D eigenvalue weighted by atomic mass is 35.5. The van der Waals surface area contributed by atoms with Crippen LogP contribution in [0.1, 0.15) is 35.6 Å². The van der Waals surface area contributed by atoms with E-state index in [0.717, 1.165) is 13.2 Å². The van der Waals surface area contributed by atoms with Crippen LogP contribution in [-0.2, 0) is 9.47 Å². The van der Waals surface area contributed by atoms with Gasteiger partial charge in [0.1, 0.15) is 33.7 Å². The Bertz CT molecular complexity index is 852. The zero-order chi connectivity index (χ0) is 20.0. The van der Waals surface area contributed by atoms with E-state index in [1.165, 1.54) is 13.2 Å². The van der Waals surface area contributed by atoms with Crippen LogP contribution in [0.5, 0.6) is 5.75 Å². The van der Waals surface area contributed by atoms with Gasteiger partial charge in [0, 0.05) is 6.07 Å². The number of nitrogens with zero attached hydrogens (tertiary/aromatic N) is 1. The van der Waals surface area contributed by atoms with Gasteiger partial charge in [0.25, 0.3) is 5.56 Å². The first-order chi connectivity index (χ1) is 12.1. The van der Waals surface area contributed by atoms with E-state index in [4.69, 9.17) is 34.7 Å². The molecule has 2 aromatic rings. The number of hydrogen-bond donors (Lipinski definition) is 4. The highest BCUT2D eigenvalue weighted by molar-refractivity contribution is 6.36. The molecule has 6 N–H and O–H groups in total. The maximum absolute atomic E-state index is 11.1. The summed E-state index contributed by atoms with van der Waals surface area (Å²) in [6, 6.07) is 2.17. The topological polar surface area (TPSA) is 171 Å². The predicted molar refractivity (Wildman–Crippen MR) is 108 cm³/mol. The van der Waals surface area contributed by atoms with Crippen molar-refractivity contribution in [3.8, 4) is 5.75 Å². The highest BCUT2D eigenvalue weighted by Gasteiger charge is 2.17. The van der Waals surface area contributed by atoms with Gasteiger partial charge >= 0.3 is 11.9 Å². The monoisotopic (exact) mass is 436 g/mol. The number of nitrogens with two attached hydrogens (primary N) is 2. The maximum atomic E-state index is 11.1. The Morgan fingerprint density at radius 2 is 1.57 bits per heavy atom. The van der Waals surface area contributed by atoms with Gasteiger partial charge < -0.3 is 31.0 Å². The third kappa shape index (κ3) is 6.63. The number of aromatic nitrogens is 2. The van der Waals surface area contributed by atoms with E-state index in [9.17, 15) is 19.5 Å². The van der Waals surface area contributed by atoms with Gasteiger partial charge in [-0.2, -0.15) is 0 Å². The van der Waals surface area contributed by atoms with Crippen molar-refractivity contribution in [1.82, 2.24) is 9.97 Å². The van der Waals surface area contributed by atoms with Crippen LogP contribution in [-0.4, -0.2) is 41.2 Å². The molecule has 0 unspecified atom stereocenters. The Morgan fingerprint density at radius 3 is 2.00 bits per heavy atom.